The first-order valence-corrected chi connectivity index (χ1v) is 16.1. The SMILES string of the molecule is COc1ccc2ccccc2c1C(C)(OC(=O)[C@](O)(c1ccccc1)[Si](c1ccccc1)c1ccccc1)c1ccccc1. The van der Waals surface area contributed by atoms with Crippen LogP contribution in [-0.4, -0.2) is 27.0 Å². The van der Waals surface area contributed by atoms with E-state index in [0.29, 0.717) is 16.9 Å². The Morgan fingerprint density at radius 3 is 1.64 bits per heavy atom. The van der Waals surface area contributed by atoms with Crippen LogP contribution >= 0.6 is 0 Å². The van der Waals surface area contributed by atoms with Crippen LogP contribution in [0.3, 0.4) is 0 Å². The molecular formula is C39H33O4Si. The van der Waals surface area contributed by atoms with Gasteiger partial charge < -0.3 is 14.6 Å². The van der Waals surface area contributed by atoms with Crippen molar-refractivity contribution in [3.63, 3.8) is 0 Å². The molecule has 0 amide bonds. The van der Waals surface area contributed by atoms with Crippen molar-refractivity contribution in [2.24, 2.45) is 0 Å². The fourth-order valence-electron chi connectivity index (χ4n) is 6.02. The van der Waals surface area contributed by atoms with Gasteiger partial charge in [0.2, 0.25) is 0 Å². The Hall–Kier alpha value is -4.97. The minimum Gasteiger partial charge on any atom is -0.496 e. The minimum absolute atomic E-state index is 0.479. The summed E-state index contributed by atoms with van der Waals surface area (Å²) in [4.78, 5) is 15.1. The van der Waals surface area contributed by atoms with E-state index < -0.39 is 25.6 Å². The maximum atomic E-state index is 15.1. The highest BCUT2D eigenvalue weighted by atomic mass is 28.3. The summed E-state index contributed by atoms with van der Waals surface area (Å²) in [5.41, 5.74) is 0.618. The number of carbonyl (C=O) groups is 1. The highest BCUT2D eigenvalue weighted by Crippen LogP contribution is 2.44. The predicted octanol–water partition coefficient (Wildman–Crippen LogP) is 6.39. The lowest BCUT2D eigenvalue weighted by Crippen LogP contribution is -2.63. The van der Waals surface area contributed by atoms with Crippen molar-refractivity contribution < 1.29 is 19.4 Å². The molecule has 1 N–H and O–H groups in total. The Labute approximate surface area is 259 Å². The normalized spacial score (nSPS) is 14.0. The predicted molar refractivity (Wildman–Crippen MR) is 178 cm³/mol. The Balaban J connectivity index is 1.60. The van der Waals surface area contributed by atoms with Crippen molar-refractivity contribution in [1.82, 2.24) is 0 Å². The molecule has 2 atom stereocenters. The van der Waals surface area contributed by atoms with Crippen LogP contribution in [0.1, 0.15) is 23.6 Å². The molecule has 0 saturated heterocycles. The number of hydrogen-bond acceptors (Lipinski definition) is 4. The second-order valence-electron chi connectivity index (χ2n) is 10.8. The quantitative estimate of drug-likeness (QED) is 0.156. The standard InChI is InChI=1S/C39H33O4Si/c1-38(30-18-7-3-8-19-30,36-34-26-16-15-17-29(34)27-28-35(36)42-2)43-37(40)39(41,31-20-9-4-10-21-31)44(32-22-11-5-12-23-32)33-24-13-6-14-25-33/h3-28,41H,1-2H3/t38?,39-/m0/s1. The third-order valence-electron chi connectivity index (χ3n) is 8.18. The Kier molecular flexibility index (Phi) is 8.16. The van der Waals surface area contributed by atoms with Gasteiger partial charge in [-0.15, -0.1) is 0 Å². The zero-order chi connectivity index (χ0) is 30.6. The topological polar surface area (TPSA) is 55.8 Å². The van der Waals surface area contributed by atoms with Crippen molar-refractivity contribution in [3.05, 3.63) is 174 Å². The number of ether oxygens (including phenoxy) is 2. The molecule has 1 unspecified atom stereocenters. The second kappa shape index (κ2) is 12.3. The Morgan fingerprint density at radius 1 is 0.614 bits per heavy atom. The summed E-state index contributed by atoms with van der Waals surface area (Å²) in [6.45, 7) is 1.88. The van der Waals surface area contributed by atoms with Crippen LogP contribution in [0.5, 0.6) is 5.75 Å². The number of fused-ring (bicyclic) bond motifs is 1. The zero-order valence-electron chi connectivity index (χ0n) is 24.7. The Bertz CT molecular complexity index is 1820. The van der Waals surface area contributed by atoms with Gasteiger partial charge in [0.05, 0.1) is 7.11 Å². The molecule has 6 rings (SSSR count). The van der Waals surface area contributed by atoms with E-state index in [1.165, 1.54) is 0 Å². The van der Waals surface area contributed by atoms with E-state index in [1.807, 2.05) is 153 Å². The highest BCUT2D eigenvalue weighted by Gasteiger charge is 2.53. The van der Waals surface area contributed by atoms with Crippen molar-refractivity contribution >= 4 is 35.9 Å². The van der Waals surface area contributed by atoms with E-state index in [-0.39, 0.29) is 0 Å². The average Bonchev–Trinajstić information content (AvgIpc) is 3.09. The lowest BCUT2D eigenvalue weighted by molar-refractivity contribution is -0.170. The van der Waals surface area contributed by atoms with E-state index in [4.69, 9.17) is 9.47 Å². The van der Waals surface area contributed by atoms with Gasteiger partial charge in [0.1, 0.15) is 5.75 Å². The molecule has 0 aromatic heterocycles. The van der Waals surface area contributed by atoms with Crippen molar-refractivity contribution in [2.45, 2.75) is 17.7 Å². The minimum atomic E-state index is -2.23. The van der Waals surface area contributed by atoms with Crippen LogP contribution in [0.4, 0.5) is 0 Å². The van der Waals surface area contributed by atoms with Crippen LogP contribution in [-0.2, 0) is 20.4 Å². The molecule has 217 valence electrons. The molecule has 6 aromatic rings. The molecule has 0 fully saturated rings. The van der Waals surface area contributed by atoms with E-state index in [0.717, 1.165) is 26.7 Å². The maximum absolute atomic E-state index is 15.1. The van der Waals surface area contributed by atoms with Gasteiger partial charge in [-0.25, -0.2) is 4.79 Å². The first-order valence-electron chi connectivity index (χ1n) is 14.6. The molecule has 0 aliphatic carbocycles. The molecule has 0 spiro atoms. The number of hydrogen-bond donors (Lipinski definition) is 1. The molecule has 4 nitrogen and oxygen atoms in total. The van der Waals surface area contributed by atoms with E-state index in [9.17, 15) is 5.11 Å². The van der Waals surface area contributed by atoms with Gasteiger partial charge in [-0.2, -0.15) is 0 Å². The van der Waals surface area contributed by atoms with Gasteiger partial charge in [0.15, 0.2) is 19.6 Å². The molecule has 0 heterocycles. The number of benzene rings is 6. The summed E-state index contributed by atoms with van der Waals surface area (Å²) < 4.78 is 12.7. The molecular weight excluding hydrogens is 561 g/mol. The fraction of sp³-hybridized carbons (Fsp3) is 0.103. The molecule has 6 aromatic carbocycles. The lowest BCUT2D eigenvalue weighted by Gasteiger charge is -2.39. The number of carbonyl (C=O) groups excluding carboxylic acids is 1. The molecule has 0 bridgehead atoms. The van der Waals surface area contributed by atoms with Crippen LogP contribution < -0.4 is 15.1 Å². The number of methoxy groups -OCH3 is 1. The Morgan fingerprint density at radius 2 is 1.09 bits per heavy atom. The smallest absolute Gasteiger partial charge is 0.340 e. The van der Waals surface area contributed by atoms with Crippen molar-refractivity contribution in [1.29, 1.82) is 0 Å². The third kappa shape index (κ3) is 5.21. The molecule has 0 aliphatic heterocycles. The third-order valence-corrected chi connectivity index (χ3v) is 11.2. The van der Waals surface area contributed by atoms with E-state index in [1.54, 1.807) is 19.2 Å². The van der Waals surface area contributed by atoms with Gasteiger partial charge in [-0.1, -0.05) is 162 Å². The number of aliphatic hydroxyl groups is 1. The van der Waals surface area contributed by atoms with E-state index >= 15 is 4.79 Å². The molecule has 0 saturated carbocycles. The molecule has 0 aliphatic rings. The first-order chi connectivity index (χ1) is 21.5. The van der Waals surface area contributed by atoms with Gasteiger partial charge in [-0.05, 0) is 34.9 Å². The molecule has 1 radical (unpaired) electrons. The molecule has 5 heteroatoms. The zero-order valence-corrected chi connectivity index (χ0v) is 25.7. The summed E-state index contributed by atoms with van der Waals surface area (Å²) in [5, 5.41) is 14.7. The van der Waals surface area contributed by atoms with Gasteiger partial charge in [-0.3, -0.25) is 0 Å². The summed E-state index contributed by atoms with van der Waals surface area (Å²) >= 11 is 0. The summed E-state index contributed by atoms with van der Waals surface area (Å²) in [6, 6.07) is 50.2. The average molecular weight is 594 g/mol. The number of esters is 1. The summed E-state index contributed by atoms with van der Waals surface area (Å²) in [7, 11) is -0.612. The van der Waals surface area contributed by atoms with Gasteiger partial charge in [0, 0.05) is 5.56 Å². The second-order valence-corrected chi connectivity index (χ2v) is 13.5. The highest BCUT2D eigenvalue weighted by molar-refractivity contribution is 6.89. The number of rotatable bonds is 9. The monoisotopic (exact) mass is 593 g/mol. The van der Waals surface area contributed by atoms with Crippen LogP contribution in [0, 0.1) is 0 Å². The van der Waals surface area contributed by atoms with Crippen molar-refractivity contribution in [2.75, 3.05) is 7.11 Å². The summed E-state index contributed by atoms with van der Waals surface area (Å²) in [5.74, 6) is -0.144. The van der Waals surface area contributed by atoms with Crippen LogP contribution in [0.15, 0.2) is 158 Å². The first kappa shape index (κ1) is 29.1. The fourth-order valence-corrected chi connectivity index (χ4v) is 8.95. The van der Waals surface area contributed by atoms with E-state index in [2.05, 4.69) is 0 Å². The van der Waals surface area contributed by atoms with Crippen LogP contribution in [0.25, 0.3) is 10.8 Å². The summed E-state index contributed by atoms with van der Waals surface area (Å²) in [6.07, 6.45) is 0. The maximum Gasteiger partial charge on any atom is 0.340 e. The lowest BCUT2D eigenvalue weighted by atomic mass is 9.84. The van der Waals surface area contributed by atoms with Gasteiger partial charge in [0.25, 0.3) is 0 Å². The van der Waals surface area contributed by atoms with Crippen molar-refractivity contribution in [3.8, 4) is 5.75 Å². The van der Waals surface area contributed by atoms with Gasteiger partial charge >= 0.3 is 5.97 Å². The molecule has 44 heavy (non-hydrogen) atoms. The van der Waals surface area contributed by atoms with Crippen LogP contribution in [0.2, 0.25) is 0 Å². The largest absolute Gasteiger partial charge is 0.496 e.